The summed E-state index contributed by atoms with van der Waals surface area (Å²) in [5.41, 5.74) is 6.10. The molecule has 0 amide bonds. The Bertz CT molecular complexity index is 1490. The Balaban J connectivity index is 1.91. The van der Waals surface area contributed by atoms with Crippen LogP contribution in [0.15, 0.2) is 136 Å². The maximum absolute atomic E-state index is 13.8. The maximum Gasteiger partial charge on any atom is 0.286 e. The number of hydrogen-bond acceptors (Lipinski definition) is 2. The third-order valence-electron chi connectivity index (χ3n) is 5.59. The molecule has 0 aliphatic rings. The number of nitrogens with zero attached hydrogens (tertiary/aromatic N) is 2. The first-order valence-corrected chi connectivity index (χ1v) is 11.8. The van der Waals surface area contributed by atoms with Crippen LogP contribution in [-0.2, 0) is 0 Å². The first-order chi connectivity index (χ1) is 16.7. The van der Waals surface area contributed by atoms with Gasteiger partial charge in [-0.05, 0) is 32.6 Å². The maximum atomic E-state index is 13.8. The Hall–Kier alpha value is -4.02. The molecule has 4 aromatic carbocycles. The lowest BCUT2D eigenvalue weighted by atomic mass is 9.91. The van der Waals surface area contributed by atoms with Crippen molar-refractivity contribution in [3.63, 3.8) is 0 Å². The fourth-order valence-electron chi connectivity index (χ4n) is 4.03. The number of halogens is 1. The van der Waals surface area contributed by atoms with E-state index < -0.39 is 0 Å². The second-order valence-corrected chi connectivity index (χ2v) is 8.58. The van der Waals surface area contributed by atoms with Gasteiger partial charge in [-0.15, -0.1) is 0 Å². The van der Waals surface area contributed by atoms with Crippen molar-refractivity contribution >= 4 is 22.1 Å². The van der Waals surface area contributed by atoms with Crippen molar-refractivity contribution in [3.05, 3.63) is 142 Å². The van der Waals surface area contributed by atoms with E-state index in [1.807, 2.05) is 109 Å². The number of rotatable bonds is 5. The van der Waals surface area contributed by atoms with Crippen LogP contribution < -0.4 is 5.56 Å². The molecule has 0 unspecified atom stereocenters. The summed E-state index contributed by atoms with van der Waals surface area (Å²) in [7, 11) is 0. The molecule has 1 aromatic heterocycles. The van der Waals surface area contributed by atoms with Gasteiger partial charge in [-0.3, -0.25) is 4.79 Å². The van der Waals surface area contributed by atoms with Gasteiger partial charge in [-0.25, -0.2) is 0 Å². The van der Waals surface area contributed by atoms with E-state index in [2.05, 4.69) is 33.2 Å². The van der Waals surface area contributed by atoms with Crippen molar-refractivity contribution in [2.75, 3.05) is 0 Å². The predicted octanol–water partition coefficient (Wildman–Crippen LogP) is 7.49. The first-order valence-electron chi connectivity index (χ1n) is 11.0. The molecule has 0 bridgehead atoms. The van der Waals surface area contributed by atoms with Crippen LogP contribution in [0.3, 0.4) is 0 Å². The third-order valence-corrected chi connectivity index (χ3v) is 6.33. The molecule has 0 saturated carbocycles. The van der Waals surface area contributed by atoms with Gasteiger partial charge in [0, 0.05) is 16.7 Å². The number of hydrogen-bond donors (Lipinski definition) is 0. The monoisotopic (exact) mass is 504 g/mol. The van der Waals surface area contributed by atoms with Gasteiger partial charge in [0.1, 0.15) is 0 Å². The summed E-state index contributed by atoms with van der Waals surface area (Å²) in [5, 5.41) is 4.68. The van der Waals surface area contributed by atoms with Gasteiger partial charge in [0.15, 0.2) is 0 Å². The number of pyridine rings is 1. The van der Waals surface area contributed by atoms with Crippen LogP contribution >= 0.6 is 15.9 Å². The van der Waals surface area contributed by atoms with Crippen LogP contribution in [0.5, 0.6) is 0 Å². The minimum absolute atomic E-state index is 0.218. The molecule has 0 aliphatic carbocycles. The Morgan fingerprint density at radius 2 is 1.03 bits per heavy atom. The summed E-state index contributed by atoms with van der Waals surface area (Å²) < 4.78 is 1.98. The third kappa shape index (κ3) is 4.28. The van der Waals surface area contributed by atoms with Crippen molar-refractivity contribution in [3.8, 4) is 33.5 Å². The molecule has 164 valence electrons. The molecule has 0 spiro atoms. The standard InChI is InChI=1S/C30H21BrN2O/c31-28-26(23-15-7-2-8-16-23)27(24-17-9-3-10-18-24)29(25-19-11-4-12-20-25)33(30(28)34)32-21-22-13-5-1-6-14-22/h1-21H/b32-21+. The topological polar surface area (TPSA) is 34.4 Å². The zero-order valence-electron chi connectivity index (χ0n) is 18.3. The lowest BCUT2D eigenvalue weighted by Crippen LogP contribution is -2.21. The molecule has 0 fully saturated rings. The molecule has 0 atom stereocenters. The summed E-state index contributed by atoms with van der Waals surface area (Å²) in [6.07, 6.45) is 1.72. The summed E-state index contributed by atoms with van der Waals surface area (Å²) in [6.45, 7) is 0. The summed E-state index contributed by atoms with van der Waals surface area (Å²) >= 11 is 3.64. The van der Waals surface area contributed by atoms with Gasteiger partial charge in [0.25, 0.3) is 5.56 Å². The molecule has 4 heteroatoms. The van der Waals surface area contributed by atoms with E-state index in [1.165, 1.54) is 4.68 Å². The van der Waals surface area contributed by atoms with E-state index in [4.69, 9.17) is 0 Å². The molecule has 0 saturated heterocycles. The average Bonchev–Trinajstić information content (AvgIpc) is 2.91. The van der Waals surface area contributed by atoms with Gasteiger partial charge in [0.05, 0.1) is 16.4 Å². The molecule has 0 radical (unpaired) electrons. The highest BCUT2D eigenvalue weighted by atomic mass is 79.9. The van der Waals surface area contributed by atoms with Crippen LogP contribution in [0.2, 0.25) is 0 Å². The van der Waals surface area contributed by atoms with E-state index in [-0.39, 0.29) is 5.56 Å². The fourth-order valence-corrected chi connectivity index (χ4v) is 4.63. The van der Waals surface area contributed by atoms with E-state index in [0.29, 0.717) is 4.47 Å². The van der Waals surface area contributed by atoms with Crippen LogP contribution in [0, 0.1) is 0 Å². The SMILES string of the molecule is O=c1c(Br)c(-c2ccccc2)c(-c2ccccc2)c(-c2ccccc2)n1/N=C/c1ccccc1. The Labute approximate surface area is 206 Å². The van der Waals surface area contributed by atoms with Crippen molar-refractivity contribution in [1.82, 2.24) is 4.68 Å². The normalized spacial score (nSPS) is 11.1. The molecule has 3 nitrogen and oxygen atoms in total. The summed E-state index contributed by atoms with van der Waals surface area (Å²) in [6, 6.07) is 39.9. The summed E-state index contributed by atoms with van der Waals surface area (Å²) in [4.78, 5) is 13.8. The van der Waals surface area contributed by atoms with Gasteiger partial charge in [-0.2, -0.15) is 9.78 Å². The van der Waals surface area contributed by atoms with Crippen molar-refractivity contribution in [2.24, 2.45) is 5.10 Å². The highest BCUT2D eigenvalue weighted by Crippen LogP contribution is 2.42. The Morgan fingerprint density at radius 3 is 1.56 bits per heavy atom. The minimum Gasteiger partial charge on any atom is -0.266 e. The highest BCUT2D eigenvalue weighted by molar-refractivity contribution is 9.10. The molecular weight excluding hydrogens is 484 g/mol. The number of benzene rings is 4. The first kappa shape index (κ1) is 21.8. The second-order valence-electron chi connectivity index (χ2n) is 7.78. The molecule has 5 rings (SSSR count). The quantitative estimate of drug-likeness (QED) is 0.228. The lowest BCUT2D eigenvalue weighted by Gasteiger charge is -2.20. The molecule has 34 heavy (non-hydrogen) atoms. The second kappa shape index (κ2) is 9.86. The van der Waals surface area contributed by atoms with Crippen molar-refractivity contribution in [1.29, 1.82) is 0 Å². The predicted molar refractivity (Wildman–Crippen MR) is 144 cm³/mol. The summed E-state index contributed by atoms with van der Waals surface area (Å²) in [5.74, 6) is 0. The Morgan fingerprint density at radius 1 is 0.588 bits per heavy atom. The largest absolute Gasteiger partial charge is 0.286 e. The van der Waals surface area contributed by atoms with E-state index in [1.54, 1.807) is 6.21 Å². The Kier molecular flexibility index (Phi) is 6.32. The smallest absolute Gasteiger partial charge is 0.266 e. The molecule has 1 heterocycles. The van der Waals surface area contributed by atoms with Gasteiger partial charge in [0.2, 0.25) is 0 Å². The zero-order valence-corrected chi connectivity index (χ0v) is 19.9. The van der Waals surface area contributed by atoms with E-state index in [0.717, 1.165) is 39.1 Å². The van der Waals surface area contributed by atoms with Crippen molar-refractivity contribution in [2.45, 2.75) is 0 Å². The lowest BCUT2D eigenvalue weighted by molar-refractivity contribution is 0.839. The molecular formula is C30H21BrN2O. The van der Waals surface area contributed by atoms with Gasteiger partial charge >= 0.3 is 0 Å². The van der Waals surface area contributed by atoms with E-state index in [9.17, 15) is 4.79 Å². The fraction of sp³-hybridized carbons (Fsp3) is 0. The molecule has 0 N–H and O–H groups in total. The van der Waals surface area contributed by atoms with Crippen LogP contribution in [0.4, 0.5) is 0 Å². The van der Waals surface area contributed by atoms with Crippen LogP contribution in [0.1, 0.15) is 5.56 Å². The van der Waals surface area contributed by atoms with Crippen molar-refractivity contribution < 1.29 is 0 Å². The molecule has 5 aromatic rings. The van der Waals surface area contributed by atoms with Gasteiger partial charge < -0.3 is 0 Å². The number of aromatic nitrogens is 1. The van der Waals surface area contributed by atoms with E-state index >= 15 is 0 Å². The van der Waals surface area contributed by atoms with Crippen LogP contribution in [0.25, 0.3) is 33.5 Å². The zero-order chi connectivity index (χ0) is 23.3. The highest BCUT2D eigenvalue weighted by Gasteiger charge is 2.23. The van der Waals surface area contributed by atoms with Gasteiger partial charge in [-0.1, -0.05) is 121 Å². The van der Waals surface area contributed by atoms with Crippen LogP contribution in [-0.4, -0.2) is 10.9 Å². The molecule has 0 aliphatic heterocycles. The average molecular weight is 505 g/mol. The minimum atomic E-state index is -0.218.